The minimum atomic E-state index is -3.60. The Morgan fingerprint density at radius 3 is 2.07 bits per heavy atom. The molecule has 0 aromatic heterocycles. The molecule has 2 aromatic carbocycles. The molecular weight excluding hydrogens is 372 g/mol. The maximum Gasteiger partial charge on any atom is 0.241 e. The number of rotatable bonds is 7. The van der Waals surface area contributed by atoms with Gasteiger partial charge in [0, 0.05) is 0 Å². The number of sulfonamides is 1. The highest BCUT2D eigenvalue weighted by atomic mass is 32.2. The standard InChI is InChI=1S/C22H30N2O3S/c1-7-20(19-10-8-15(2)12-17(19)4)23-22(25)14-24(28(6,26)27)21-11-9-16(3)13-18(21)5/h8-13,20H,7,14H2,1-6H3,(H,23,25)/t20-/m0/s1. The maximum atomic E-state index is 12.8. The van der Waals surface area contributed by atoms with Gasteiger partial charge in [0.2, 0.25) is 15.9 Å². The second kappa shape index (κ2) is 8.78. The molecule has 1 N–H and O–H groups in total. The van der Waals surface area contributed by atoms with E-state index in [1.54, 1.807) is 6.07 Å². The van der Waals surface area contributed by atoms with Gasteiger partial charge in [-0.2, -0.15) is 0 Å². The molecule has 0 aliphatic heterocycles. The molecule has 0 fully saturated rings. The van der Waals surface area contributed by atoms with E-state index in [1.165, 1.54) is 9.87 Å². The number of nitrogens with one attached hydrogen (secondary N) is 1. The molecule has 0 heterocycles. The fourth-order valence-electron chi connectivity index (χ4n) is 3.45. The van der Waals surface area contributed by atoms with Gasteiger partial charge in [-0.3, -0.25) is 9.10 Å². The zero-order valence-corrected chi connectivity index (χ0v) is 18.4. The van der Waals surface area contributed by atoms with Crippen LogP contribution in [0.4, 0.5) is 5.69 Å². The van der Waals surface area contributed by atoms with Crippen molar-refractivity contribution >= 4 is 21.6 Å². The Kier molecular flexibility index (Phi) is 6.88. The SMILES string of the molecule is CC[C@H](NC(=O)CN(c1ccc(C)cc1C)S(C)(=O)=O)c1ccc(C)cc1C. The van der Waals surface area contributed by atoms with Crippen molar-refractivity contribution in [2.45, 2.75) is 47.1 Å². The average Bonchev–Trinajstić information content (AvgIpc) is 2.58. The normalized spacial score (nSPS) is 12.5. The van der Waals surface area contributed by atoms with E-state index in [1.807, 2.05) is 58.9 Å². The van der Waals surface area contributed by atoms with Crippen molar-refractivity contribution in [3.8, 4) is 0 Å². The van der Waals surface area contributed by atoms with E-state index in [9.17, 15) is 13.2 Å². The summed E-state index contributed by atoms with van der Waals surface area (Å²) in [6.45, 7) is 9.61. The minimum Gasteiger partial charge on any atom is -0.348 e. The molecule has 152 valence electrons. The zero-order valence-electron chi connectivity index (χ0n) is 17.5. The molecule has 0 saturated carbocycles. The van der Waals surface area contributed by atoms with E-state index in [4.69, 9.17) is 0 Å². The van der Waals surface area contributed by atoms with Crippen LogP contribution >= 0.6 is 0 Å². The highest BCUT2D eigenvalue weighted by molar-refractivity contribution is 7.92. The number of anilines is 1. The van der Waals surface area contributed by atoms with Crippen molar-refractivity contribution < 1.29 is 13.2 Å². The lowest BCUT2D eigenvalue weighted by molar-refractivity contribution is -0.120. The van der Waals surface area contributed by atoms with Crippen molar-refractivity contribution in [1.82, 2.24) is 5.32 Å². The van der Waals surface area contributed by atoms with Gasteiger partial charge < -0.3 is 5.32 Å². The molecular formula is C22H30N2O3S. The summed E-state index contributed by atoms with van der Waals surface area (Å²) in [6.07, 6.45) is 1.85. The first-order valence-corrected chi connectivity index (χ1v) is 11.3. The Hall–Kier alpha value is -2.34. The third-order valence-electron chi connectivity index (χ3n) is 4.85. The number of aryl methyl sites for hydroxylation is 4. The van der Waals surface area contributed by atoms with Gasteiger partial charge in [-0.05, 0) is 56.9 Å². The Balaban J connectivity index is 2.26. The Morgan fingerprint density at radius 2 is 1.57 bits per heavy atom. The van der Waals surface area contributed by atoms with Crippen molar-refractivity contribution in [2.24, 2.45) is 0 Å². The van der Waals surface area contributed by atoms with Crippen LogP contribution in [-0.4, -0.2) is 27.1 Å². The first kappa shape index (κ1) is 22.0. The number of benzene rings is 2. The molecule has 0 unspecified atom stereocenters. The first-order valence-electron chi connectivity index (χ1n) is 9.44. The smallest absolute Gasteiger partial charge is 0.241 e. The molecule has 1 amide bonds. The van der Waals surface area contributed by atoms with Gasteiger partial charge in [-0.25, -0.2) is 8.42 Å². The van der Waals surface area contributed by atoms with E-state index < -0.39 is 10.0 Å². The third-order valence-corrected chi connectivity index (χ3v) is 5.98. The first-order chi connectivity index (χ1) is 13.0. The highest BCUT2D eigenvalue weighted by Crippen LogP contribution is 2.25. The van der Waals surface area contributed by atoms with Crippen LogP contribution in [0.5, 0.6) is 0 Å². The second-order valence-electron chi connectivity index (χ2n) is 7.45. The molecule has 6 heteroatoms. The maximum absolute atomic E-state index is 12.8. The van der Waals surface area contributed by atoms with Crippen molar-refractivity contribution in [3.05, 3.63) is 64.2 Å². The van der Waals surface area contributed by atoms with Crippen LogP contribution < -0.4 is 9.62 Å². The average molecular weight is 403 g/mol. The highest BCUT2D eigenvalue weighted by Gasteiger charge is 2.24. The van der Waals surface area contributed by atoms with Crippen molar-refractivity contribution in [2.75, 3.05) is 17.1 Å². The fraction of sp³-hybridized carbons (Fsp3) is 0.409. The monoisotopic (exact) mass is 402 g/mol. The summed E-state index contributed by atoms with van der Waals surface area (Å²) in [4.78, 5) is 12.8. The molecule has 0 aliphatic carbocycles. The number of carbonyl (C=O) groups is 1. The van der Waals surface area contributed by atoms with Crippen molar-refractivity contribution in [3.63, 3.8) is 0 Å². The minimum absolute atomic E-state index is 0.159. The summed E-state index contributed by atoms with van der Waals surface area (Å²) < 4.78 is 25.9. The number of hydrogen-bond acceptors (Lipinski definition) is 3. The summed E-state index contributed by atoms with van der Waals surface area (Å²) >= 11 is 0. The lowest BCUT2D eigenvalue weighted by atomic mass is 9.97. The van der Waals surface area contributed by atoms with Crippen LogP contribution in [0.15, 0.2) is 36.4 Å². The van der Waals surface area contributed by atoms with E-state index in [-0.39, 0.29) is 18.5 Å². The molecule has 0 saturated heterocycles. The molecule has 1 atom stereocenters. The van der Waals surface area contributed by atoms with E-state index in [2.05, 4.69) is 11.4 Å². The predicted molar refractivity (Wildman–Crippen MR) is 115 cm³/mol. The van der Waals surface area contributed by atoms with Gasteiger partial charge in [0.25, 0.3) is 0 Å². The molecule has 0 spiro atoms. The quantitative estimate of drug-likeness (QED) is 0.762. The Morgan fingerprint density at radius 1 is 1.00 bits per heavy atom. The van der Waals surface area contributed by atoms with Gasteiger partial charge in [-0.15, -0.1) is 0 Å². The largest absolute Gasteiger partial charge is 0.348 e. The molecule has 0 bridgehead atoms. The van der Waals surface area contributed by atoms with E-state index in [0.717, 1.165) is 34.9 Å². The summed E-state index contributed by atoms with van der Waals surface area (Å²) in [7, 11) is -3.60. The summed E-state index contributed by atoms with van der Waals surface area (Å²) in [5.41, 5.74) is 5.73. The van der Waals surface area contributed by atoms with Gasteiger partial charge in [0.1, 0.15) is 6.54 Å². The van der Waals surface area contributed by atoms with Gasteiger partial charge in [0.15, 0.2) is 0 Å². The van der Waals surface area contributed by atoms with Crippen LogP contribution in [0, 0.1) is 27.7 Å². The fourth-order valence-corrected chi connectivity index (χ4v) is 4.37. The molecule has 2 rings (SSSR count). The number of amides is 1. The topological polar surface area (TPSA) is 66.5 Å². The predicted octanol–water partition coefficient (Wildman–Crippen LogP) is 3.95. The van der Waals surface area contributed by atoms with Crippen LogP contribution in [0.3, 0.4) is 0 Å². The second-order valence-corrected chi connectivity index (χ2v) is 9.35. The Labute approximate surface area is 168 Å². The van der Waals surface area contributed by atoms with Crippen LogP contribution in [-0.2, 0) is 14.8 Å². The number of nitrogens with zero attached hydrogens (tertiary/aromatic N) is 1. The Bertz CT molecular complexity index is 968. The van der Waals surface area contributed by atoms with Crippen LogP contribution in [0.2, 0.25) is 0 Å². The summed E-state index contributed by atoms with van der Waals surface area (Å²) in [5.74, 6) is -0.322. The molecule has 5 nitrogen and oxygen atoms in total. The lowest BCUT2D eigenvalue weighted by Crippen LogP contribution is -2.42. The molecule has 28 heavy (non-hydrogen) atoms. The van der Waals surface area contributed by atoms with Crippen molar-refractivity contribution in [1.29, 1.82) is 0 Å². The van der Waals surface area contributed by atoms with E-state index >= 15 is 0 Å². The summed E-state index contributed by atoms with van der Waals surface area (Å²) in [6, 6.07) is 11.5. The zero-order chi connectivity index (χ0) is 21.1. The van der Waals surface area contributed by atoms with Crippen LogP contribution in [0.1, 0.15) is 47.2 Å². The molecule has 0 aliphatic rings. The van der Waals surface area contributed by atoms with Gasteiger partial charge in [-0.1, -0.05) is 48.4 Å². The number of carbonyl (C=O) groups excluding carboxylic acids is 1. The molecule has 0 radical (unpaired) electrons. The van der Waals surface area contributed by atoms with E-state index in [0.29, 0.717) is 5.69 Å². The third kappa shape index (κ3) is 5.35. The van der Waals surface area contributed by atoms with Crippen LogP contribution in [0.25, 0.3) is 0 Å². The molecule has 2 aromatic rings. The van der Waals surface area contributed by atoms with Gasteiger partial charge in [0.05, 0.1) is 18.0 Å². The number of hydrogen-bond donors (Lipinski definition) is 1. The summed E-state index contributed by atoms with van der Waals surface area (Å²) in [5, 5.41) is 3.00. The van der Waals surface area contributed by atoms with Gasteiger partial charge >= 0.3 is 0 Å². The lowest BCUT2D eigenvalue weighted by Gasteiger charge is -2.26.